The zero-order valence-electron chi connectivity index (χ0n) is 26.9. The zero-order chi connectivity index (χ0) is 35.3. The summed E-state index contributed by atoms with van der Waals surface area (Å²) in [6.07, 6.45) is -0.640. The fourth-order valence-corrected chi connectivity index (χ4v) is 6.13. The van der Waals surface area contributed by atoms with Gasteiger partial charge in [-0.3, -0.25) is 15.0 Å². The van der Waals surface area contributed by atoms with Crippen molar-refractivity contribution < 1.29 is 47.3 Å². The van der Waals surface area contributed by atoms with Gasteiger partial charge in [-0.1, -0.05) is 30.3 Å². The normalized spacial score (nSPS) is 17.1. The number of aliphatic hydroxyl groups is 1. The number of rotatable bonds is 12. The van der Waals surface area contributed by atoms with Crippen LogP contribution in [0.25, 0.3) is 17.0 Å². The number of ether oxygens (including phenoxy) is 3. The number of halogens is 3. The lowest BCUT2D eigenvalue weighted by atomic mass is 9.91. The molecule has 0 aliphatic carbocycles. The highest BCUT2D eigenvalue weighted by Crippen LogP contribution is 2.45. The lowest BCUT2D eigenvalue weighted by Crippen LogP contribution is -2.51. The highest BCUT2D eigenvalue weighted by Gasteiger charge is 2.57. The Bertz CT molecular complexity index is 1820. The highest BCUT2D eigenvalue weighted by molar-refractivity contribution is 5.87. The van der Waals surface area contributed by atoms with Crippen LogP contribution in [0.2, 0.25) is 0 Å². The summed E-state index contributed by atoms with van der Waals surface area (Å²) in [5.41, 5.74) is -2.49. The number of nitro groups is 1. The molecule has 4 aromatic rings. The van der Waals surface area contributed by atoms with Gasteiger partial charge in [0, 0.05) is 55.0 Å². The summed E-state index contributed by atoms with van der Waals surface area (Å²) < 4.78 is 63.7. The zero-order valence-corrected chi connectivity index (χ0v) is 26.9. The maximum absolute atomic E-state index is 15.0. The van der Waals surface area contributed by atoms with E-state index in [1.165, 1.54) is 43.2 Å². The van der Waals surface area contributed by atoms with Crippen LogP contribution in [0, 0.1) is 10.1 Å². The van der Waals surface area contributed by atoms with Crippen LogP contribution in [-0.2, 0) is 16.9 Å². The molecule has 14 heteroatoms. The molecule has 0 spiro atoms. The standard InChI is InChI=1S/C35H36F3N3O8/c1-47-30-17-24(10-13-32(42)43)18-31(48-2)33(30)49-26-9-6-15-39(16-14-26)22-34(44,35(36,37)38)28-21-40(20-23-7-4-3-5-8-23)29-19-25(41(45)46)11-12-27(28)29/h3-5,7-8,10-13,17-19,21,26,44H,6,9,14-16,20,22H2,1-2H3,(H,42,43). The van der Waals surface area contributed by atoms with E-state index in [-0.39, 0.29) is 47.5 Å². The summed E-state index contributed by atoms with van der Waals surface area (Å²) in [6.45, 7) is -0.207. The minimum atomic E-state index is -5.08. The number of aliphatic carboxylic acids is 1. The minimum Gasteiger partial charge on any atom is -0.493 e. The van der Waals surface area contributed by atoms with Gasteiger partial charge in [0.1, 0.15) is 6.10 Å². The summed E-state index contributed by atoms with van der Waals surface area (Å²) >= 11 is 0. The highest BCUT2D eigenvalue weighted by atomic mass is 19.4. The van der Waals surface area contributed by atoms with Gasteiger partial charge in [-0.2, -0.15) is 13.2 Å². The molecule has 0 bridgehead atoms. The van der Waals surface area contributed by atoms with Crippen molar-refractivity contribution >= 4 is 28.6 Å². The Morgan fingerprint density at radius 1 is 1.04 bits per heavy atom. The second kappa shape index (κ2) is 14.6. The van der Waals surface area contributed by atoms with Gasteiger partial charge in [0.2, 0.25) is 11.4 Å². The third-order valence-corrected chi connectivity index (χ3v) is 8.59. The van der Waals surface area contributed by atoms with Crippen molar-refractivity contribution in [2.24, 2.45) is 0 Å². The number of nitro benzene ring substituents is 1. The molecule has 1 aliphatic heterocycles. The van der Waals surface area contributed by atoms with E-state index in [1.54, 1.807) is 47.4 Å². The van der Waals surface area contributed by atoms with Crippen LogP contribution in [-0.4, -0.2) is 76.7 Å². The van der Waals surface area contributed by atoms with Crippen LogP contribution in [0.4, 0.5) is 18.9 Å². The first-order chi connectivity index (χ1) is 23.3. The van der Waals surface area contributed by atoms with Crippen molar-refractivity contribution in [3.05, 3.63) is 99.7 Å². The maximum Gasteiger partial charge on any atom is 0.422 e. The molecule has 5 rings (SSSR count). The number of alkyl halides is 3. The Morgan fingerprint density at radius 2 is 1.73 bits per heavy atom. The molecular weight excluding hydrogens is 647 g/mol. The fourth-order valence-electron chi connectivity index (χ4n) is 6.13. The Hall–Kier alpha value is -5.08. The average molecular weight is 684 g/mol. The molecule has 0 radical (unpaired) electrons. The molecule has 11 nitrogen and oxygen atoms in total. The number of aromatic nitrogens is 1. The van der Waals surface area contributed by atoms with Crippen LogP contribution in [0.15, 0.2) is 72.9 Å². The lowest BCUT2D eigenvalue weighted by Gasteiger charge is -2.35. The molecule has 0 saturated carbocycles. The number of benzene rings is 3. The van der Waals surface area contributed by atoms with Crippen molar-refractivity contribution in [3.63, 3.8) is 0 Å². The predicted octanol–water partition coefficient (Wildman–Crippen LogP) is 6.40. The van der Waals surface area contributed by atoms with Crippen LogP contribution < -0.4 is 14.2 Å². The first kappa shape index (κ1) is 35.2. The maximum atomic E-state index is 15.0. The van der Waals surface area contributed by atoms with Crippen LogP contribution in [0.3, 0.4) is 0 Å². The summed E-state index contributed by atoms with van der Waals surface area (Å²) in [6, 6.07) is 15.8. The molecule has 1 fully saturated rings. The second-order valence-electron chi connectivity index (χ2n) is 11.8. The lowest BCUT2D eigenvalue weighted by molar-refractivity contribution is -0.384. The molecule has 1 aromatic heterocycles. The van der Waals surface area contributed by atoms with Crippen LogP contribution >= 0.6 is 0 Å². The first-order valence-electron chi connectivity index (χ1n) is 15.5. The Balaban J connectivity index is 1.41. The van der Waals surface area contributed by atoms with Crippen molar-refractivity contribution in [1.29, 1.82) is 0 Å². The molecule has 260 valence electrons. The summed E-state index contributed by atoms with van der Waals surface area (Å²) in [5.74, 6) is -0.253. The number of likely N-dealkylation sites (tertiary alicyclic amines) is 1. The monoisotopic (exact) mass is 683 g/mol. The summed E-state index contributed by atoms with van der Waals surface area (Å²) in [5, 5.41) is 32.2. The summed E-state index contributed by atoms with van der Waals surface area (Å²) in [4.78, 5) is 23.5. The van der Waals surface area contributed by atoms with E-state index in [1.807, 2.05) is 0 Å². The largest absolute Gasteiger partial charge is 0.493 e. The number of nitrogens with zero attached hydrogens (tertiary/aromatic N) is 3. The van der Waals surface area contributed by atoms with Gasteiger partial charge in [-0.25, -0.2) is 4.79 Å². The molecule has 2 atom stereocenters. The Labute approximate surface area is 279 Å². The van der Waals surface area contributed by atoms with Gasteiger partial charge >= 0.3 is 12.1 Å². The van der Waals surface area contributed by atoms with Crippen LogP contribution in [0.5, 0.6) is 17.2 Å². The van der Waals surface area contributed by atoms with E-state index in [9.17, 15) is 33.2 Å². The quantitative estimate of drug-likeness (QED) is 0.0988. The Morgan fingerprint density at radius 3 is 2.35 bits per heavy atom. The number of hydrogen-bond acceptors (Lipinski definition) is 8. The SMILES string of the molecule is COc1cc(C=CC(=O)O)cc(OC)c1OC1CCCN(CC(O)(c2cn(Cc3ccccc3)c3cc([N+](=O)[O-])ccc23)C(F)(F)F)CC1. The molecule has 0 amide bonds. The average Bonchev–Trinajstić information content (AvgIpc) is 3.28. The van der Waals surface area contributed by atoms with Crippen molar-refractivity contribution in [2.45, 2.75) is 43.7 Å². The molecule has 49 heavy (non-hydrogen) atoms. The van der Waals surface area contributed by atoms with Gasteiger partial charge in [0.25, 0.3) is 5.69 Å². The predicted molar refractivity (Wildman–Crippen MR) is 175 cm³/mol. The first-order valence-corrected chi connectivity index (χ1v) is 15.5. The number of β-amino-alcohol motifs (C(OH)–C–C–N with tert-alkyl or cyclic N) is 1. The molecule has 3 aromatic carbocycles. The van der Waals surface area contributed by atoms with Crippen molar-refractivity contribution in [3.8, 4) is 17.2 Å². The third kappa shape index (κ3) is 7.81. The molecule has 2 heterocycles. The number of fused-ring (bicyclic) bond motifs is 1. The van der Waals surface area contributed by atoms with E-state index in [0.717, 1.165) is 17.7 Å². The topological polar surface area (TPSA) is 137 Å². The number of carbonyl (C=O) groups is 1. The second-order valence-corrected chi connectivity index (χ2v) is 11.8. The Kier molecular flexibility index (Phi) is 10.5. The van der Waals surface area contributed by atoms with E-state index in [4.69, 9.17) is 19.3 Å². The van der Waals surface area contributed by atoms with Crippen LogP contribution in [0.1, 0.15) is 36.0 Å². The van der Waals surface area contributed by atoms with Gasteiger partial charge in [-0.15, -0.1) is 0 Å². The van der Waals surface area contributed by atoms with Crippen molar-refractivity contribution in [1.82, 2.24) is 9.47 Å². The fraction of sp³-hybridized carbons (Fsp3) is 0.343. The van der Waals surface area contributed by atoms with Gasteiger partial charge < -0.3 is 29.0 Å². The third-order valence-electron chi connectivity index (χ3n) is 8.59. The molecule has 1 saturated heterocycles. The number of carboxylic acid groups (broad SMARTS) is 1. The van der Waals surface area contributed by atoms with Gasteiger partial charge in [0.15, 0.2) is 11.5 Å². The van der Waals surface area contributed by atoms with Crippen molar-refractivity contribution in [2.75, 3.05) is 33.9 Å². The molecular formula is C35H36F3N3O8. The number of carboxylic acids is 1. The van der Waals surface area contributed by atoms with Gasteiger partial charge in [0.05, 0.1) is 24.7 Å². The van der Waals surface area contributed by atoms with E-state index < -0.39 is 35.3 Å². The minimum absolute atomic E-state index is 0.0678. The smallest absolute Gasteiger partial charge is 0.422 e. The van der Waals surface area contributed by atoms with Gasteiger partial charge in [-0.05, 0) is 61.2 Å². The van der Waals surface area contributed by atoms with E-state index in [0.29, 0.717) is 36.3 Å². The van der Waals surface area contributed by atoms with E-state index in [2.05, 4.69) is 0 Å². The van der Waals surface area contributed by atoms with E-state index >= 15 is 0 Å². The number of hydrogen-bond donors (Lipinski definition) is 2. The molecule has 2 unspecified atom stereocenters. The molecule has 2 N–H and O–H groups in total. The summed E-state index contributed by atoms with van der Waals surface area (Å²) in [7, 11) is 2.85. The number of non-ortho nitro benzene ring substituents is 1. The number of methoxy groups -OCH3 is 2. The molecule has 1 aliphatic rings.